The second kappa shape index (κ2) is 5.01. The van der Waals surface area contributed by atoms with Crippen LogP contribution in [0.5, 0.6) is 0 Å². The van der Waals surface area contributed by atoms with Crippen molar-refractivity contribution < 1.29 is 10.1 Å². The first-order valence-electron chi connectivity index (χ1n) is 4.24. The molecule has 1 aliphatic heterocycles. The lowest BCUT2D eigenvalue weighted by atomic mass is 10.2. The molecular weight excluding hydrogens is 158 g/mol. The molecule has 2 nitrogen and oxygen atoms in total. The van der Waals surface area contributed by atoms with Crippen molar-refractivity contribution in [2.24, 2.45) is 0 Å². The molecule has 0 radical (unpaired) electrons. The maximum atomic E-state index is 5.08. The SMILES string of the molecule is COC[C@@H](C)[NH2+][C@H]1CCSC1. The summed E-state index contributed by atoms with van der Waals surface area (Å²) in [4.78, 5) is 0. The fourth-order valence-electron chi connectivity index (χ4n) is 1.49. The molecule has 1 rings (SSSR count). The summed E-state index contributed by atoms with van der Waals surface area (Å²) in [5.41, 5.74) is 0. The van der Waals surface area contributed by atoms with E-state index >= 15 is 0 Å². The number of quaternary nitrogens is 1. The van der Waals surface area contributed by atoms with Crippen LogP contribution in [0.2, 0.25) is 0 Å². The molecule has 2 N–H and O–H groups in total. The van der Waals surface area contributed by atoms with Crippen LogP contribution in [-0.4, -0.2) is 37.3 Å². The molecule has 3 heteroatoms. The smallest absolute Gasteiger partial charge is 0.107 e. The van der Waals surface area contributed by atoms with Gasteiger partial charge in [0.15, 0.2) is 0 Å². The molecule has 1 aliphatic rings. The molecule has 0 aromatic carbocycles. The van der Waals surface area contributed by atoms with Crippen LogP contribution in [0.1, 0.15) is 13.3 Å². The summed E-state index contributed by atoms with van der Waals surface area (Å²) in [6, 6.07) is 1.48. The lowest BCUT2D eigenvalue weighted by Gasteiger charge is -2.13. The first-order valence-corrected chi connectivity index (χ1v) is 5.40. The summed E-state index contributed by atoms with van der Waals surface area (Å²) in [6.07, 6.45) is 1.37. The van der Waals surface area contributed by atoms with E-state index in [9.17, 15) is 0 Å². The standard InChI is InChI=1S/C8H17NOS/c1-7(5-10-2)9-8-3-4-11-6-8/h7-9H,3-6H2,1-2H3/p+1/t7-,8+/m1/s1. The molecule has 11 heavy (non-hydrogen) atoms. The summed E-state index contributed by atoms with van der Waals surface area (Å²) in [7, 11) is 1.77. The summed E-state index contributed by atoms with van der Waals surface area (Å²) >= 11 is 2.07. The normalized spacial score (nSPS) is 27.3. The number of methoxy groups -OCH3 is 1. The number of hydrogen-bond acceptors (Lipinski definition) is 2. The Bertz CT molecular complexity index is 104. The van der Waals surface area contributed by atoms with Crippen LogP contribution in [-0.2, 0) is 4.74 Å². The minimum Gasteiger partial charge on any atom is -0.379 e. The third kappa shape index (κ3) is 3.45. The molecule has 0 aromatic rings. The second-order valence-corrected chi connectivity index (χ2v) is 4.40. The van der Waals surface area contributed by atoms with E-state index in [4.69, 9.17) is 4.74 Å². The van der Waals surface area contributed by atoms with E-state index in [0.29, 0.717) is 6.04 Å². The van der Waals surface area contributed by atoms with Crippen LogP contribution >= 0.6 is 11.8 Å². The number of thioether (sulfide) groups is 1. The van der Waals surface area contributed by atoms with Crippen LogP contribution < -0.4 is 5.32 Å². The van der Waals surface area contributed by atoms with Crippen LogP contribution in [0.4, 0.5) is 0 Å². The quantitative estimate of drug-likeness (QED) is 0.657. The van der Waals surface area contributed by atoms with Crippen molar-refractivity contribution in [3.05, 3.63) is 0 Å². The molecule has 0 aromatic heterocycles. The first-order chi connectivity index (χ1) is 5.33. The Morgan fingerprint density at radius 3 is 3.09 bits per heavy atom. The van der Waals surface area contributed by atoms with Crippen molar-refractivity contribution in [3.8, 4) is 0 Å². The number of ether oxygens (including phenoxy) is 1. The van der Waals surface area contributed by atoms with Gasteiger partial charge in [-0.15, -0.1) is 0 Å². The predicted octanol–water partition coefficient (Wildman–Crippen LogP) is 0.0902. The number of hydrogen-bond donors (Lipinski definition) is 1. The molecule has 0 bridgehead atoms. The van der Waals surface area contributed by atoms with Crippen molar-refractivity contribution in [2.45, 2.75) is 25.4 Å². The van der Waals surface area contributed by atoms with Crippen molar-refractivity contribution in [1.82, 2.24) is 0 Å². The van der Waals surface area contributed by atoms with Gasteiger partial charge >= 0.3 is 0 Å². The Morgan fingerprint density at radius 2 is 2.55 bits per heavy atom. The minimum absolute atomic E-state index is 0.628. The van der Waals surface area contributed by atoms with E-state index in [1.807, 2.05) is 0 Å². The van der Waals surface area contributed by atoms with Crippen LogP contribution in [0.25, 0.3) is 0 Å². The van der Waals surface area contributed by atoms with E-state index in [1.54, 1.807) is 7.11 Å². The van der Waals surface area contributed by atoms with Crippen LogP contribution in [0.15, 0.2) is 0 Å². The van der Waals surface area contributed by atoms with Gasteiger partial charge < -0.3 is 10.1 Å². The highest BCUT2D eigenvalue weighted by molar-refractivity contribution is 7.99. The monoisotopic (exact) mass is 176 g/mol. The topological polar surface area (TPSA) is 25.8 Å². The van der Waals surface area contributed by atoms with Gasteiger partial charge in [-0.1, -0.05) is 0 Å². The Labute approximate surface area is 73.1 Å². The molecule has 1 heterocycles. The van der Waals surface area contributed by atoms with Gasteiger partial charge in [0.2, 0.25) is 0 Å². The molecule has 66 valence electrons. The van der Waals surface area contributed by atoms with E-state index in [0.717, 1.165) is 12.6 Å². The number of nitrogens with two attached hydrogens (primary N) is 1. The van der Waals surface area contributed by atoms with Crippen molar-refractivity contribution in [3.63, 3.8) is 0 Å². The van der Waals surface area contributed by atoms with Gasteiger partial charge in [0, 0.05) is 19.3 Å². The van der Waals surface area contributed by atoms with Crippen molar-refractivity contribution >= 4 is 11.8 Å². The fourth-order valence-corrected chi connectivity index (χ4v) is 2.70. The van der Waals surface area contributed by atoms with E-state index < -0.39 is 0 Å². The molecule has 1 fully saturated rings. The van der Waals surface area contributed by atoms with E-state index in [1.165, 1.54) is 17.9 Å². The zero-order valence-corrected chi connectivity index (χ0v) is 8.19. The average molecular weight is 176 g/mol. The summed E-state index contributed by atoms with van der Waals surface area (Å²) in [5.74, 6) is 2.68. The lowest BCUT2D eigenvalue weighted by molar-refractivity contribution is -0.715. The van der Waals surface area contributed by atoms with Crippen molar-refractivity contribution in [1.29, 1.82) is 0 Å². The maximum Gasteiger partial charge on any atom is 0.107 e. The summed E-state index contributed by atoms with van der Waals surface area (Å²) in [5, 5.41) is 2.45. The highest BCUT2D eigenvalue weighted by Crippen LogP contribution is 2.14. The number of rotatable bonds is 4. The van der Waals surface area contributed by atoms with Gasteiger partial charge in [-0.3, -0.25) is 0 Å². The Morgan fingerprint density at radius 1 is 1.73 bits per heavy atom. The summed E-state index contributed by atoms with van der Waals surface area (Å²) in [6.45, 7) is 3.10. The highest BCUT2D eigenvalue weighted by Gasteiger charge is 2.20. The molecule has 0 spiro atoms. The zero-order valence-electron chi connectivity index (χ0n) is 7.38. The summed E-state index contributed by atoms with van der Waals surface area (Å²) < 4.78 is 5.08. The first kappa shape index (κ1) is 9.36. The Kier molecular flexibility index (Phi) is 4.26. The molecule has 1 saturated heterocycles. The molecule has 0 saturated carbocycles. The van der Waals surface area contributed by atoms with Gasteiger partial charge in [0.25, 0.3) is 0 Å². The van der Waals surface area contributed by atoms with Crippen LogP contribution in [0, 0.1) is 0 Å². The largest absolute Gasteiger partial charge is 0.379 e. The van der Waals surface area contributed by atoms with Crippen LogP contribution in [0.3, 0.4) is 0 Å². The third-order valence-electron chi connectivity index (χ3n) is 2.00. The average Bonchev–Trinajstić information content (AvgIpc) is 2.40. The van der Waals surface area contributed by atoms with Gasteiger partial charge in [-0.2, -0.15) is 11.8 Å². The van der Waals surface area contributed by atoms with E-state index in [-0.39, 0.29) is 0 Å². The molecule has 2 atom stereocenters. The molecule has 0 aliphatic carbocycles. The van der Waals surface area contributed by atoms with Gasteiger partial charge in [0.1, 0.15) is 6.04 Å². The predicted molar refractivity (Wildman–Crippen MR) is 49.0 cm³/mol. The van der Waals surface area contributed by atoms with Crippen molar-refractivity contribution in [2.75, 3.05) is 25.2 Å². The molecule has 0 unspecified atom stereocenters. The Balaban J connectivity index is 2.08. The fraction of sp³-hybridized carbons (Fsp3) is 1.00. The highest BCUT2D eigenvalue weighted by atomic mass is 32.2. The van der Waals surface area contributed by atoms with E-state index in [2.05, 4.69) is 24.0 Å². The zero-order chi connectivity index (χ0) is 8.10. The second-order valence-electron chi connectivity index (χ2n) is 3.25. The third-order valence-corrected chi connectivity index (χ3v) is 3.18. The van der Waals surface area contributed by atoms with Gasteiger partial charge in [0.05, 0.1) is 12.6 Å². The Hall–Kier alpha value is 0.270. The molecular formula is C8H18NOS+. The molecule has 0 amide bonds. The van der Waals surface area contributed by atoms with Gasteiger partial charge in [-0.05, 0) is 12.7 Å². The lowest BCUT2D eigenvalue weighted by Crippen LogP contribution is -2.95. The maximum absolute atomic E-state index is 5.08. The van der Waals surface area contributed by atoms with Gasteiger partial charge in [-0.25, -0.2) is 0 Å². The minimum atomic E-state index is 0.628.